The van der Waals surface area contributed by atoms with Gasteiger partial charge in [0, 0.05) is 25.6 Å². The third-order valence-electron chi connectivity index (χ3n) is 4.70. The highest BCUT2D eigenvalue weighted by molar-refractivity contribution is 5.01. The highest BCUT2D eigenvalue weighted by Gasteiger charge is 2.40. The molecule has 0 radical (unpaired) electrons. The van der Waals surface area contributed by atoms with E-state index in [0.29, 0.717) is 18.4 Å². The molecule has 1 aromatic rings. The van der Waals surface area contributed by atoms with Crippen molar-refractivity contribution >= 4 is 0 Å². The van der Waals surface area contributed by atoms with Crippen LogP contribution in [-0.4, -0.2) is 49.5 Å². The lowest BCUT2D eigenvalue weighted by molar-refractivity contribution is -0.0374. The molecule has 3 rings (SSSR count). The third-order valence-corrected chi connectivity index (χ3v) is 4.70. The van der Waals surface area contributed by atoms with Gasteiger partial charge in [-0.1, -0.05) is 13.8 Å². The summed E-state index contributed by atoms with van der Waals surface area (Å²) in [6.45, 7) is 7.47. The van der Waals surface area contributed by atoms with Gasteiger partial charge in [-0.25, -0.2) is 9.67 Å². The lowest BCUT2D eigenvalue weighted by atomic mass is 9.84. The minimum Gasteiger partial charge on any atom is -0.389 e. The molecule has 5 heteroatoms. The molecule has 0 bridgehead atoms. The predicted octanol–water partition coefficient (Wildman–Crippen LogP) is 1.47. The number of fused-ring (bicyclic) bond motifs is 1. The molecule has 0 amide bonds. The van der Waals surface area contributed by atoms with E-state index in [-0.39, 0.29) is 0 Å². The SMILES string of the molecule is CC(C)Cn1ncnc1CC1(O)CCN2CCCC2C1. The summed E-state index contributed by atoms with van der Waals surface area (Å²) in [5.74, 6) is 1.48. The number of aliphatic hydroxyl groups is 1. The maximum absolute atomic E-state index is 10.9. The van der Waals surface area contributed by atoms with Crippen LogP contribution in [0, 0.1) is 5.92 Å². The maximum atomic E-state index is 10.9. The fourth-order valence-electron chi connectivity index (χ4n) is 3.69. The van der Waals surface area contributed by atoms with E-state index in [9.17, 15) is 5.11 Å². The Morgan fingerprint density at radius 3 is 3.10 bits per heavy atom. The second-order valence-electron chi connectivity index (χ2n) is 6.94. The van der Waals surface area contributed by atoms with Gasteiger partial charge < -0.3 is 10.0 Å². The summed E-state index contributed by atoms with van der Waals surface area (Å²) in [4.78, 5) is 6.91. The Kier molecular flexibility index (Phi) is 3.82. The minimum atomic E-state index is -0.590. The van der Waals surface area contributed by atoms with Crippen LogP contribution in [0.1, 0.15) is 45.4 Å². The van der Waals surface area contributed by atoms with Gasteiger partial charge in [-0.15, -0.1) is 0 Å². The first kappa shape index (κ1) is 14.0. The number of hydrogen-bond acceptors (Lipinski definition) is 4. The van der Waals surface area contributed by atoms with Gasteiger partial charge in [-0.2, -0.15) is 5.10 Å². The van der Waals surface area contributed by atoms with E-state index in [0.717, 1.165) is 31.8 Å². The van der Waals surface area contributed by atoms with Crippen LogP contribution in [0.2, 0.25) is 0 Å². The van der Waals surface area contributed by atoms with Gasteiger partial charge in [0.2, 0.25) is 0 Å². The fourth-order valence-corrected chi connectivity index (χ4v) is 3.69. The summed E-state index contributed by atoms with van der Waals surface area (Å²) in [6.07, 6.45) is 6.53. The summed E-state index contributed by atoms with van der Waals surface area (Å²) in [5.41, 5.74) is -0.590. The zero-order chi connectivity index (χ0) is 14.2. The van der Waals surface area contributed by atoms with Gasteiger partial charge in [0.15, 0.2) is 0 Å². The van der Waals surface area contributed by atoms with Crippen LogP contribution in [0.4, 0.5) is 0 Å². The van der Waals surface area contributed by atoms with Crippen molar-refractivity contribution in [3.63, 3.8) is 0 Å². The van der Waals surface area contributed by atoms with Crippen LogP contribution in [0.15, 0.2) is 6.33 Å². The van der Waals surface area contributed by atoms with Gasteiger partial charge >= 0.3 is 0 Å². The normalized spacial score (nSPS) is 30.9. The zero-order valence-corrected chi connectivity index (χ0v) is 12.6. The van der Waals surface area contributed by atoms with Crippen LogP contribution >= 0.6 is 0 Å². The van der Waals surface area contributed by atoms with E-state index in [1.54, 1.807) is 6.33 Å². The van der Waals surface area contributed by atoms with Crippen molar-refractivity contribution in [1.29, 1.82) is 0 Å². The molecule has 1 N–H and O–H groups in total. The molecule has 5 nitrogen and oxygen atoms in total. The number of nitrogens with zero attached hydrogens (tertiary/aromatic N) is 4. The Morgan fingerprint density at radius 1 is 1.45 bits per heavy atom. The summed E-state index contributed by atoms with van der Waals surface area (Å²) < 4.78 is 1.96. The molecule has 2 unspecified atom stereocenters. The van der Waals surface area contributed by atoms with Crippen molar-refractivity contribution < 1.29 is 5.11 Å². The van der Waals surface area contributed by atoms with Gasteiger partial charge in [-0.05, 0) is 38.1 Å². The van der Waals surface area contributed by atoms with Gasteiger partial charge in [0.05, 0.1) is 5.60 Å². The number of rotatable bonds is 4. The summed E-state index contributed by atoms with van der Waals surface area (Å²) in [6, 6.07) is 0.579. The molecule has 0 aromatic carbocycles. The van der Waals surface area contributed by atoms with E-state index in [4.69, 9.17) is 0 Å². The lowest BCUT2D eigenvalue weighted by Gasteiger charge is -2.40. The van der Waals surface area contributed by atoms with E-state index in [2.05, 4.69) is 28.8 Å². The van der Waals surface area contributed by atoms with Gasteiger partial charge in [-0.3, -0.25) is 0 Å². The molecular formula is C15H26N4O. The average Bonchev–Trinajstić information content (AvgIpc) is 2.97. The standard InChI is InChI=1S/C15H26N4O/c1-12(2)10-19-14(16-11-17-19)9-15(20)5-7-18-6-3-4-13(18)8-15/h11-13,20H,3-10H2,1-2H3. The first-order valence-corrected chi connectivity index (χ1v) is 7.89. The molecule has 2 saturated heterocycles. The van der Waals surface area contributed by atoms with Gasteiger partial charge in [0.25, 0.3) is 0 Å². The van der Waals surface area contributed by atoms with Crippen LogP contribution < -0.4 is 0 Å². The largest absolute Gasteiger partial charge is 0.389 e. The Labute approximate surface area is 121 Å². The Hall–Kier alpha value is -0.940. The van der Waals surface area contributed by atoms with Gasteiger partial charge in [0.1, 0.15) is 12.2 Å². The molecule has 20 heavy (non-hydrogen) atoms. The van der Waals surface area contributed by atoms with Crippen LogP contribution in [0.3, 0.4) is 0 Å². The summed E-state index contributed by atoms with van der Waals surface area (Å²) in [5, 5.41) is 15.2. The van der Waals surface area contributed by atoms with Crippen LogP contribution in [-0.2, 0) is 13.0 Å². The lowest BCUT2D eigenvalue weighted by Crippen LogP contribution is -2.49. The van der Waals surface area contributed by atoms with Crippen LogP contribution in [0.25, 0.3) is 0 Å². The molecule has 2 atom stereocenters. The zero-order valence-electron chi connectivity index (χ0n) is 12.6. The number of hydrogen-bond donors (Lipinski definition) is 1. The Balaban J connectivity index is 1.69. The second kappa shape index (κ2) is 5.45. The minimum absolute atomic E-state index is 0.543. The highest BCUT2D eigenvalue weighted by atomic mass is 16.3. The second-order valence-corrected chi connectivity index (χ2v) is 6.94. The van der Waals surface area contributed by atoms with Crippen molar-refractivity contribution in [3.8, 4) is 0 Å². The van der Waals surface area contributed by atoms with Crippen molar-refractivity contribution in [2.24, 2.45) is 5.92 Å². The first-order valence-electron chi connectivity index (χ1n) is 7.89. The van der Waals surface area contributed by atoms with E-state index in [1.165, 1.54) is 19.4 Å². The fraction of sp³-hybridized carbons (Fsp3) is 0.867. The molecule has 0 spiro atoms. The molecule has 112 valence electrons. The van der Waals surface area contributed by atoms with Crippen molar-refractivity contribution in [1.82, 2.24) is 19.7 Å². The molecule has 0 saturated carbocycles. The topological polar surface area (TPSA) is 54.2 Å². The molecule has 2 aliphatic rings. The molecule has 3 heterocycles. The maximum Gasteiger partial charge on any atom is 0.138 e. The van der Waals surface area contributed by atoms with Crippen molar-refractivity contribution in [2.45, 2.75) is 64.1 Å². The molecule has 1 aromatic heterocycles. The van der Waals surface area contributed by atoms with Crippen molar-refractivity contribution in [3.05, 3.63) is 12.2 Å². The Bertz CT molecular complexity index is 458. The van der Waals surface area contributed by atoms with E-state index < -0.39 is 5.60 Å². The molecule has 2 fully saturated rings. The quantitative estimate of drug-likeness (QED) is 0.906. The highest BCUT2D eigenvalue weighted by Crippen LogP contribution is 2.34. The first-order chi connectivity index (χ1) is 9.56. The number of piperidine rings is 1. The Morgan fingerprint density at radius 2 is 2.30 bits per heavy atom. The molecular weight excluding hydrogens is 252 g/mol. The van der Waals surface area contributed by atoms with Crippen molar-refractivity contribution in [2.75, 3.05) is 13.1 Å². The monoisotopic (exact) mass is 278 g/mol. The van der Waals surface area contributed by atoms with E-state index in [1.807, 2.05) is 4.68 Å². The predicted molar refractivity (Wildman–Crippen MR) is 77.3 cm³/mol. The summed E-state index contributed by atoms with van der Waals surface area (Å²) >= 11 is 0. The number of aromatic nitrogens is 3. The summed E-state index contributed by atoms with van der Waals surface area (Å²) in [7, 11) is 0. The van der Waals surface area contributed by atoms with Crippen LogP contribution in [0.5, 0.6) is 0 Å². The van der Waals surface area contributed by atoms with E-state index >= 15 is 0 Å². The molecule has 0 aliphatic carbocycles. The third kappa shape index (κ3) is 2.88. The molecule has 2 aliphatic heterocycles. The average molecular weight is 278 g/mol. The smallest absolute Gasteiger partial charge is 0.138 e.